The number of fused-ring (bicyclic) bond motifs is 1. The third-order valence-corrected chi connectivity index (χ3v) is 3.35. The molecule has 0 aliphatic rings. The summed E-state index contributed by atoms with van der Waals surface area (Å²) in [6.45, 7) is 10.1. The SMILES string of the molecule is COCCNc1cc(C(C)C)c2ncn(C(C)C)c2n1. The quantitative estimate of drug-likeness (QED) is 0.823. The van der Waals surface area contributed by atoms with Gasteiger partial charge in [0.05, 0.1) is 12.9 Å². The molecule has 0 atom stereocenters. The molecule has 5 heteroatoms. The Morgan fingerprint density at radius 3 is 2.65 bits per heavy atom. The average molecular weight is 276 g/mol. The molecule has 110 valence electrons. The highest BCUT2D eigenvalue weighted by Gasteiger charge is 2.15. The van der Waals surface area contributed by atoms with Gasteiger partial charge in [0.2, 0.25) is 0 Å². The van der Waals surface area contributed by atoms with E-state index in [0.29, 0.717) is 18.6 Å². The van der Waals surface area contributed by atoms with Gasteiger partial charge in [-0.2, -0.15) is 0 Å². The first-order chi connectivity index (χ1) is 9.54. The highest BCUT2D eigenvalue weighted by Crippen LogP contribution is 2.27. The lowest BCUT2D eigenvalue weighted by atomic mass is 10.0. The number of ether oxygens (including phenoxy) is 1. The van der Waals surface area contributed by atoms with Gasteiger partial charge in [-0.3, -0.25) is 0 Å². The lowest BCUT2D eigenvalue weighted by molar-refractivity contribution is 0.210. The Morgan fingerprint density at radius 2 is 2.05 bits per heavy atom. The number of anilines is 1. The molecule has 0 unspecified atom stereocenters. The van der Waals surface area contributed by atoms with E-state index < -0.39 is 0 Å². The molecular weight excluding hydrogens is 252 g/mol. The van der Waals surface area contributed by atoms with Crippen molar-refractivity contribution < 1.29 is 4.74 Å². The smallest absolute Gasteiger partial charge is 0.162 e. The molecule has 20 heavy (non-hydrogen) atoms. The van der Waals surface area contributed by atoms with Crippen LogP contribution in [0.25, 0.3) is 11.2 Å². The molecule has 0 aromatic carbocycles. The normalized spacial score (nSPS) is 11.8. The molecule has 0 radical (unpaired) electrons. The van der Waals surface area contributed by atoms with Gasteiger partial charge >= 0.3 is 0 Å². The fraction of sp³-hybridized carbons (Fsp3) is 0.600. The Labute approximate surface area is 120 Å². The molecule has 5 nitrogen and oxygen atoms in total. The first-order valence-electron chi connectivity index (χ1n) is 7.14. The monoisotopic (exact) mass is 276 g/mol. The maximum Gasteiger partial charge on any atom is 0.162 e. The summed E-state index contributed by atoms with van der Waals surface area (Å²) < 4.78 is 7.18. The van der Waals surface area contributed by atoms with E-state index in [0.717, 1.165) is 23.5 Å². The predicted molar refractivity (Wildman–Crippen MR) is 82.4 cm³/mol. The molecule has 0 fully saturated rings. The van der Waals surface area contributed by atoms with Crippen LogP contribution in [0.3, 0.4) is 0 Å². The van der Waals surface area contributed by atoms with Gasteiger partial charge in [-0.25, -0.2) is 9.97 Å². The molecule has 0 aliphatic carbocycles. The molecule has 0 saturated heterocycles. The van der Waals surface area contributed by atoms with Gasteiger partial charge in [-0.1, -0.05) is 13.8 Å². The van der Waals surface area contributed by atoms with Crippen molar-refractivity contribution >= 4 is 17.0 Å². The van der Waals surface area contributed by atoms with Gasteiger partial charge in [-0.05, 0) is 31.4 Å². The van der Waals surface area contributed by atoms with E-state index in [1.165, 1.54) is 5.56 Å². The van der Waals surface area contributed by atoms with Crippen LogP contribution in [0.2, 0.25) is 0 Å². The van der Waals surface area contributed by atoms with Crippen molar-refractivity contribution in [2.75, 3.05) is 25.6 Å². The van der Waals surface area contributed by atoms with Gasteiger partial charge in [0.25, 0.3) is 0 Å². The first kappa shape index (κ1) is 14.8. The van der Waals surface area contributed by atoms with E-state index >= 15 is 0 Å². The number of imidazole rings is 1. The molecule has 2 aromatic heterocycles. The van der Waals surface area contributed by atoms with Crippen molar-refractivity contribution in [3.8, 4) is 0 Å². The van der Waals surface area contributed by atoms with Crippen molar-refractivity contribution in [3.63, 3.8) is 0 Å². The first-order valence-corrected chi connectivity index (χ1v) is 7.14. The molecule has 0 amide bonds. The fourth-order valence-corrected chi connectivity index (χ4v) is 2.22. The van der Waals surface area contributed by atoms with Crippen molar-refractivity contribution in [1.82, 2.24) is 14.5 Å². The Morgan fingerprint density at radius 1 is 1.30 bits per heavy atom. The maximum absolute atomic E-state index is 5.07. The Kier molecular flexibility index (Phi) is 4.60. The van der Waals surface area contributed by atoms with E-state index in [1.807, 2.05) is 6.33 Å². The third-order valence-electron chi connectivity index (χ3n) is 3.35. The number of pyridine rings is 1. The minimum absolute atomic E-state index is 0.349. The van der Waals surface area contributed by atoms with Crippen LogP contribution in [0.4, 0.5) is 5.82 Å². The van der Waals surface area contributed by atoms with Crippen LogP contribution in [0.5, 0.6) is 0 Å². The molecule has 2 rings (SSSR count). The van der Waals surface area contributed by atoms with E-state index in [-0.39, 0.29) is 0 Å². The summed E-state index contributed by atoms with van der Waals surface area (Å²) in [6.07, 6.45) is 1.88. The molecule has 0 aliphatic heterocycles. The Hall–Kier alpha value is -1.62. The number of nitrogens with zero attached hydrogens (tertiary/aromatic N) is 3. The zero-order valence-electron chi connectivity index (χ0n) is 13.0. The van der Waals surface area contributed by atoms with Crippen molar-refractivity contribution in [2.45, 2.75) is 39.7 Å². The standard InChI is InChI=1S/C15H24N4O/c1-10(2)12-8-13(16-6-7-20-5)18-15-14(12)17-9-19(15)11(3)4/h8-11H,6-7H2,1-5H3,(H,16,18). The zero-order chi connectivity index (χ0) is 14.7. The van der Waals surface area contributed by atoms with Crippen LogP contribution in [-0.2, 0) is 4.74 Å². The van der Waals surface area contributed by atoms with E-state index in [4.69, 9.17) is 9.72 Å². The minimum atomic E-state index is 0.349. The molecule has 2 aromatic rings. The van der Waals surface area contributed by atoms with E-state index in [2.05, 4.69) is 48.6 Å². The van der Waals surface area contributed by atoms with Crippen LogP contribution in [0, 0.1) is 0 Å². The predicted octanol–water partition coefficient (Wildman–Crippen LogP) is 3.19. The van der Waals surface area contributed by atoms with Crippen LogP contribution in [-0.4, -0.2) is 34.8 Å². The summed E-state index contributed by atoms with van der Waals surface area (Å²) in [5.74, 6) is 1.31. The van der Waals surface area contributed by atoms with Gasteiger partial charge < -0.3 is 14.6 Å². The molecule has 2 heterocycles. The lowest BCUT2D eigenvalue weighted by Gasteiger charge is -2.13. The molecule has 1 N–H and O–H groups in total. The minimum Gasteiger partial charge on any atom is -0.383 e. The van der Waals surface area contributed by atoms with Crippen LogP contribution in [0.1, 0.15) is 45.2 Å². The summed E-state index contributed by atoms with van der Waals surface area (Å²) in [4.78, 5) is 9.25. The molecule has 0 bridgehead atoms. The number of aromatic nitrogens is 3. The number of hydrogen-bond donors (Lipinski definition) is 1. The largest absolute Gasteiger partial charge is 0.383 e. The van der Waals surface area contributed by atoms with Crippen molar-refractivity contribution in [2.24, 2.45) is 0 Å². The fourth-order valence-electron chi connectivity index (χ4n) is 2.22. The summed E-state index contributed by atoms with van der Waals surface area (Å²) >= 11 is 0. The highest BCUT2D eigenvalue weighted by atomic mass is 16.5. The molecule has 0 spiro atoms. The second-order valence-corrected chi connectivity index (χ2v) is 5.59. The molecular formula is C15H24N4O. The highest BCUT2D eigenvalue weighted by molar-refractivity contribution is 5.78. The second-order valence-electron chi connectivity index (χ2n) is 5.59. The lowest BCUT2D eigenvalue weighted by Crippen LogP contribution is -2.10. The molecule has 0 saturated carbocycles. The number of rotatable bonds is 6. The maximum atomic E-state index is 5.07. The van der Waals surface area contributed by atoms with Gasteiger partial charge in [0, 0.05) is 19.7 Å². The number of nitrogens with one attached hydrogen (secondary N) is 1. The van der Waals surface area contributed by atoms with Crippen LogP contribution in [0.15, 0.2) is 12.4 Å². The van der Waals surface area contributed by atoms with E-state index in [9.17, 15) is 0 Å². The van der Waals surface area contributed by atoms with Crippen LogP contribution >= 0.6 is 0 Å². The second kappa shape index (κ2) is 6.22. The Balaban J connectivity index is 2.46. The topological polar surface area (TPSA) is 52.0 Å². The summed E-state index contributed by atoms with van der Waals surface area (Å²) in [5, 5.41) is 3.31. The van der Waals surface area contributed by atoms with Gasteiger partial charge in [0.15, 0.2) is 5.65 Å². The van der Waals surface area contributed by atoms with Crippen LogP contribution < -0.4 is 5.32 Å². The summed E-state index contributed by atoms with van der Waals surface area (Å²) in [6, 6.07) is 2.45. The number of hydrogen-bond acceptors (Lipinski definition) is 4. The van der Waals surface area contributed by atoms with Gasteiger partial charge in [-0.15, -0.1) is 0 Å². The average Bonchev–Trinajstić information content (AvgIpc) is 2.81. The third kappa shape index (κ3) is 2.93. The summed E-state index contributed by atoms with van der Waals surface area (Å²) in [5.41, 5.74) is 3.19. The van der Waals surface area contributed by atoms with Crippen molar-refractivity contribution in [1.29, 1.82) is 0 Å². The Bertz CT molecular complexity index is 575. The zero-order valence-corrected chi connectivity index (χ0v) is 13.0. The van der Waals surface area contributed by atoms with Gasteiger partial charge in [0.1, 0.15) is 11.3 Å². The summed E-state index contributed by atoms with van der Waals surface area (Å²) in [7, 11) is 1.70. The van der Waals surface area contributed by atoms with Crippen molar-refractivity contribution in [3.05, 3.63) is 18.0 Å². The number of methoxy groups -OCH3 is 1. The van der Waals surface area contributed by atoms with E-state index in [1.54, 1.807) is 7.11 Å².